The van der Waals surface area contributed by atoms with E-state index in [-0.39, 0.29) is 5.03 Å². The highest BCUT2D eigenvalue weighted by Gasteiger charge is 2.45. The van der Waals surface area contributed by atoms with E-state index >= 15 is 0 Å². The fourth-order valence-electron chi connectivity index (χ4n) is 1.50. The van der Waals surface area contributed by atoms with E-state index in [2.05, 4.69) is 14.7 Å². The van der Waals surface area contributed by atoms with Crippen molar-refractivity contribution in [1.82, 2.24) is 14.7 Å². The average Bonchev–Trinajstić information content (AvgIpc) is 2.82. The van der Waals surface area contributed by atoms with Gasteiger partial charge in [0.15, 0.2) is 5.03 Å². The van der Waals surface area contributed by atoms with Crippen molar-refractivity contribution in [2.45, 2.75) is 36.8 Å². The molecule has 90 valence electrons. The zero-order valence-electron chi connectivity index (χ0n) is 9.16. The number of sulfonamides is 1. The summed E-state index contributed by atoms with van der Waals surface area (Å²) in [6.45, 7) is 2.24. The van der Waals surface area contributed by atoms with Gasteiger partial charge >= 0.3 is 0 Å². The van der Waals surface area contributed by atoms with Crippen molar-refractivity contribution in [3.63, 3.8) is 0 Å². The Kier molecular flexibility index (Phi) is 2.77. The number of hydrogen-bond acceptors (Lipinski definition) is 4. The second-order valence-corrected chi connectivity index (χ2v) is 5.79. The number of aryl methyl sites for hydroxylation is 1. The van der Waals surface area contributed by atoms with Crippen molar-refractivity contribution in [2.75, 3.05) is 6.54 Å². The maximum Gasteiger partial charge on any atom is 0.258 e. The summed E-state index contributed by atoms with van der Waals surface area (Å²) in [5.41, 5.74) is 5.11. The molecule has 1 aliphatic carbocycles. The van der Waals surface area contributed by atoms with Gasteiger partial charge in [-0.15, -0.1) is 0 Å². The molecule has 0 saturated heterocycles. The Morgan fingerprint density at radius 1 is 1.62 bits per heavy atom. The van der Waals surface area contributed by atoms with Crippen LogP contribution < -0.4 is 10.5 Å². The molecule has 0 aliphatic heterocycles. The van der Waals surface area contributed by atoms with Gasteiger partial charge in [-0.1, -0.05) is 6.92 Å². The van der Waals surface area contributed by atoms with Crippen LogP contribution in [0, 0.1) is 0 Å². The maximum atomic E-state index is 11.9. The molecule has 1 aromatic rings. The predicted molar refractivity (Wildman–Crippen MR) is 59.3 cm³/mol. The third kappa shape index (κ3) is 2.11. The molecular weight excluding hydrogens is 228 g/mol. The number of nitrogens with two attached hydrogens (primary N) is 1. The first-order chi connectivity index (χ1) is 7.51. The highest BCUT2D eigenvalue weighted by atomic mass is 32.2. The lowest BCUT2D eigenvalue weighted by Gasteiger charge is -2.13. The number of aromatic amines is 1. The molecule has 0 spiro atoms. The number of nitrogens with zero attached hydrogens (tertiary/aromatic N) is 1. The molecule has 0 atom stereocenters. The van der Waals surface area contributed by atoms with Crippen LogP contribution in [0.15, 0.2) is 11.2 Å². The minimum atomic E-state index is -3.50. The molecule has 1 saturated carbocycles. The maximum absolute atomic E-state index is 11.9. The number of rotatable bonds is 5. The van der Waals surface area contributed by atoms with E-state index in [0.29, 0.717) is 18.8 Å². The molecule has 0 bridgehead atoms. The molecule has 7 heteroatoms. The Hall–Kier alpha value is -0.920. The summed E-state index contributed by atoms with van der Waals surface area (Å²) < 4.78 is 26.5. The van der Waals surface area contributed by atoms with E-state index in [4.69, 9.17) is 5.73 Å². The zero-order chi connectivity index (χ0) is 11.8. The molecular formula is C9H16N4O2S. The van der Waals surface area contributed by atoms with Gasteiger partial charge in [-0.05, 0) is 12.8 Å². The van der Waals surface area contributed by atoms with Gasteiger partial charge in [0, 0.05) is 18.5 Å². The summed E-state index contributed by atoms with van der Waals surface area (Å²) in [7, 11) is -3.50. The van der Waals surface area contributed by atoms with Crippen LogP contribution in [0.3, 0.4) is 0 Å². The molecule has 0 amide bonds. The molecule has 1 fully saturated rings. The quantitative estimate of drug-likeness (QED) is 0.664. The average molecular weight is 244 g/mol. The smallest absolute Gasteiger partial charge is 0.258 e. The molecule has 1 aliphatic rings. The summed E-state index contributed by atoms with van der Waals surface area (Å²) in [6.07, 6.45) is 3.63. The standard InChI is InChI=1S/C9H16N4O2S/c1-2-7-11-5-8(12-7)16(14,15)13-9(6-10)3-4-9/h5,13H,2-4,6,10H2,1H3,(H,11,12). The summed E-state index contributed by atoms with van der Waals surface area (Å²) in [4.78, 5) is 6.75. The van der Waals surface area contributed by atoms with Crippen LogP contribution in [0.2, 0.25) is 0 Å². The number of H-pyrrole nitrogens is 1. The normalized spacial score (nSPS) is 18.6. The van der Waals surface area contributed by atoms with E-state index < -0.39 is 15.6 Å². The van der Waals surface area contributed by atoms with Gasteiger partial charge in [-0.25, -0.2) is 18.1 Å². The van der Waals surface area contributed by atoms with E-state index in [1.807, 2.05) is 6.92 Å². The number of nitrogens with one attached hydrogen (secondary N) is 2. The molecule has 4 N–H and O–H groups in total. The summed E-state index contributed by atoms with van der Waals surface area (Å²) in [6, 6.07) is 0. The second kappa shape index (κ2) is 3.83. The highest BCUT2D eigenvalue weighted by Crippen LogP contribution is 2.35. The Morgan fingerprint density at radius 3 is 2.75 bits per heavy atom. The lowest BCUT2D eigenvalue weighted by atomic mass is 10.3. The number of aromatic nitrogens is 2. The van der Waals surface area contributed by atoms with Crippen LogP contribution in [0.25, 0.3) is 0 Å². The first-order valence-corrected chi connectivity index (χ1v) is 6.77. The molecule has 0 unspecified atom stereocenters. The van der Waals surface area contributed by atoms with Crippen molar-refractivity contribution < 1.29 is 8.42 Å². The van der Waals surface area contributed by atoms with Gasteiger partial charge < -0.3 is 10.7 Å². The van der Waals surface area contributed by atoms with Crippen molar-refractivity contribution in [3.05, 3.63) is 12.0 Å². The summed E-state index contributed by atoms with van der Waals surface area (Å²) in [5, 5.41) is 0.115. The first kappa shape index (κ1) is 11.6. The molecule has 0 radical (unpaired) electrons. The molecule has 6 nitrogen and oxygen atoms in total. The Morgan fingerprint density at radius 2 is 2.31 bits per heavy atom. The Labute approximate surface area is 94.7 Å². The Balaban J connectivity index is 2.19. The summed E-state index contributed by atoms with van der Waals surface area (Å²) in [5.74, 6) is 0.665. The lowest BCUT2D eigenvalue weighted by Crippen LogP contribution is -2.42. The van der Waals surface area contributed by atoms with E-state index in [1.54, 1.807) is 0 Å². The fraction of sp³-hybridized carbons (Fsp3) is 0.667. The van der Waals surface area contributed by atoms with Gasteiger partial charge in [-0.2, -0.15) is 0 Å². The van der Waals surface area contributed by atoms with Crippen LogP contribution in [0.4, 0.5) is 0 Å². The summed E-state index contributed by atoms with van der Waals surface area (Å²) >= 11 is 0. The monoisotopic (exact) mass is 244 g/mol. The Bertz CT molecular complexity index is 475. The van der Waals surface area contributed by atoms with Crippen LogP contribution in [0.5, 0.6) is 0 Å². The van der Waals surface area contributed by atoms with E-state index in [1.165, 1.54) is 6.20 Å². The SMILES string of the molecule is CCc1ncc(S(=O)(=O)NC2(CN)CC2)[nH]1. The van der Waals surface area contributed by atoms with Crippen LogP contribution in [-0.4, -0.2) is 30.5 Å². The molecule has 0 aromatic carbocycles. The van der Waals surface area contributed by atoms with Crippen LogP contribution in [0.1, 0.15) is 25.6 Å². The van der Waals surface area contributed by atoms with E-state index in [0.717, 1.165) is 12.8 Å². The number of hydrogen-bond donors (Lipinski definition) is 3. The predicted octanol–water partition coefficient (Wildman–Crippen LogP) is -0.258. The van der Waals surface area contributed by atoms with Gasteiger partial charge in [0.25, 0.3) is 10.0 Å². The van der Waals surface area contributed by atoms with E-state index in [9.17, 15) is 8.42 Å². The second-order valence-electron chi connectivity index (χ2n) is 4.14. The van der Waals surface area contributed by atoms with Gasteiger partial charge in [0.05, 0.1) is 6.20 Å². The topological polar surface area (TPSA) is 101 Å². The van der Waals surface area contributed by atoms with Crippen LogP contribution in [-0.2, 0) is 16.4 Å². The molecule has 1 heterocycles. The first-order valence-electron chi connectivity index (χ1n) is 5.29. The fourth-order valence-corrected chi connectivity index (χ4v) is 2.91. The highest BCUT2D eigenvalue weighted by molar-refractivity contribution is 7.89. The zero-order valence-corrected chi connectivity index (χ0v) is 9.97. The third-order valence-corrected chi connectivity index (χ3v) is 4.31. The van der Waals surface area contributed by atoms with Crippen LogP contribution >= 0.6 is 0 Å². The number of imidazole rings is 1. The minimum absolute atomic E-state index is 0.115. The molecule has 16 heavy (non-hydrogen) atoms. The van der Waals surface area contributed by atoms with Crippen molar-refractivity contribution >= 4 is 10.0 Å². The molecule has 1 aromatic heterocycles. The molecule has 2 rings (SSSR count). The van der Waals surface area contributed by atoms with Crippen molar-refractivity contribution in [2.24, 2.45) is 5.73 Å². The minimum Gasteiger partial charge on any atom is -0.332 e. The van der Waals surface area contributed by atoms with Crippen molar-refractivity contribution in [3.8, 4) is 0 Å². The largest absolute Gasteiger partial charge is 0.332 e. The van der Waals surface area contributed by atoms with Crippen molar-refractivity contribution in [1.29, 1.82) is 0 Å². The van der Waals surface area contributed by atoms with Gasteiger partial charge in [0.1, 0.15) is 5.82 Å². The van der Waals surface area contributed by atoms with Gasteiger partial charge in [-0.3, -0.25) is 0 Å². The third-order valence-electron chi connectivity index (χ3n) is 2.82. The lowest BCUT2D eigenvalue weighted by molar-refractivity contribution is 0.542. The van der Waals surface area contributed by atoms with Gasteiger partial charge in [0.2, 0.25) is 0 Å².